The summed E-state index contributed by atoms with van der Waals surface area (Å²) in [5.74, 6) is 0.290. The molecule has 0 aliphatic heterocycles. The van der Waals surface area contributed by atoms with E-state index in [-0.39, 0.29) is 12.5 Å². The van der Waals surface area contributed by atoms with Gasteiger partial charge >= 0.3 is 0 Å². The first-order valence-electron chi connectivity index (χ1n) is 4.70. The van der Waals surface area contributed by atoms with Crippen LogP contribution in [0.3, 0.4) is 0 Å². The van der Waals surface area contributed by atoms with E-state index in [9.17, 15) is 9.90 Å². The highest BCUT2D eigenvalue weighted by Gasteiger charge is 2.22. The fourth-order valence-electron chi connectivity index (χ4n) is 1.36. The van der Waals surface area contributed by atoms with E-state index >= 15 is 0 Å². The van der Waals surface area contributed by atoms with E-state index in [4.69, 9.17) is 4.52 Å². The van der Waals surface area contributed by atoms with Crippen molar-refractivity contribution in [2.75, 3.05) is 13.6 Å². The standard InChI is InChI=1S/C10H16N2O3/c1-7-8(5-11-15-7)9(13)12(4)6-10(2,3)14/h5,14H,6H2,1-4H3. The minimum Gasteiger partial charge on any atom is -0.389 e. The second-order valence-corrected chi connectivity index (χ2v) is 4.27. The van der Waals surface area contributed by atoms with Crippen LogP contribution in [0.1, 0.15) is 30.0 Å². The summed E-state index contributed by atoms with van der Waals surface area (Å²) < 4.78 is 4.81. The van der Waals surface area contributed by atoms with Gasteiger partial charge in [0.2, 0.25) is 0 Å². The maximum atomic E-state index is 11.8. The number of rotatable bonds is 3. The number of carbonyl (C=O) groups is 1. The zero-order valence-corrected chi connectivity index (χ0v) is 9.44. The number of aliphatic hydroxyl groups is 1. The SMILES string of the molecule is Cc1oncc1C(=O)N(C)CC(C)(C)O. The van der Waals surface area contributed by atoms with Crippen molar-refractivity contribution in [3.8, 4) is 0 Å². The molecular formula is C10H16N2O3. The molecule has 1 aromatic rings. The summed E-state index contributed by atoms with van der Waals surface area (Å²) in [6.07, 6.45) is 1.39. The van der Waals surface area contributed by atoms with Crippen LogP contribution in [0.5, 0.6) is 0 Å². The molecule has 0 spiro atoms. The fraction of sp³-hybridized carbons (Fsp3) is 0.600. The van der Waals surface area contributed by atoms with Gasteiger partial charge in [0.05, 0.1) is 11.8 Å². The van der Waals surface area contributed by atoms with Crippen molar-refractivity contribution in [1.82, 2.24) is 10.1 Å². The lowest BCUT2D eigenvalue weighted by Crippen LogP contribution is -2.39. The predicted molar refractivity (Wildman–Crippen MR) is 54.5 cm³/mol. The Hall–Kier alpha value is -1.36. The Labute approximate surface area is 88.7 Å². The summed E-state index contributed by atoms with van der Waals surface area (Å²) in [6, 6.07) is 0. The molecule has 1 amide bonds. The minimum absolute atomic E-state index is 0.198. The lowest BCUT2D eigenvalue weighted by Gasteiger charge is -2.25. The number of carbonyl (C=O) groups excluding carboxylic acids is 1. The van der Waals surface area contributed by atoms with Crippen LogP contribution in [0.15, 0.2) is 10.7 Å². The van der Waals surface area contributed by atoms with Crippen LogP contribution < -0.4 is 0 Å². The van der Waals surface area contributed by atoms with E-state index in [0.29, 0.717) is 11.3 Å². The molecule has 0 saturated carbocycles. The third kappa shape index (κ3) is 3.06. The molecule has 15 heavy (non-hydrogen) atoms. The van der Waals surface area contributed by atoms with Crippen molar-refractivity contribution >= 4 is 5.91 Å². The van der Waals surface area contributed by atoms with Gasteiger partial charge in [-0.05, 0) is 20.8 Å². The number of hydrogen-bond donors (Lipinski definition) is 1. The highest BCUT2D eigenvalue weighted by molar-refractivity contribution is 5.94. The van der Waals surface area contributed by atoms with Crippen LogP contribution in [-0.4, -0.2) is 40.3 Å². The van der Waals surface area contributed by atoms with Crippen molar-refractivity contribution < 1.29 is 14.4 Å². The third-order valence-electron chi connectivity index (χ3n) is 1.95. The van der Waals surface area contributed by atoms with Gasteiger partial charge in [-0.2, -0.15) is 0 Å². The van der Waals surface area contributed by atoms with Crippen molar-refractivity contribution in [3.63, 3.8) is 0 Å². The maximum absolute atomic E-state index is 11.8. The minimum atomic E-state index is -0.907. The van der Waals surface area contributed by atoms with Crippen molar-refractivity contribution in [3.05, 3.63) is 17.5 Å². The lowest BCUT2D eigenvalue weighted by molar-refractivity contribution is 0.0367. The number of amides is 1. The molecule has 1 aromatic heterocycles. The molecule has 1 N–H and O–H groups in total. The van der Waals surface area contributed by atoms with Gasteiger partial charge in [0.15, 0.2) is 0 Å². The van der Waals surface area contributed by atoms with Crippen LogP contribution in [-0.2, 0) is 0 Å². The molecule has 0 aliphatic rings. The van der Waals surface area contributed by atoms with Gasteiger partial charge in [-0.25, -0.2) is 0 Å². The molecule has 0 bridgehead atoms. The summed E-state index contributed by atoms with van der Waals surface area (Å²) in [6.45, 7) is 5.24. The Bertz CT molecular complexity index is 352. The second kappa shape index (κ2) is 4.02. The second-order valence-electron chi connectivity index (χ2n) is 4.27. The molecule has 0 radical (unpaired) electrons. The first kappa shape index (κ1) is 11.7. The smallest absolute Gasteiger partial charge is 0.258 e. The number of nitrogens with zero attached hydrogens (tertiary/aromatic N) is 2. The Morgan fingerprint density at radius 3 is 2.67 bits per heavy atom. The number of aryl methyl sites for hydroxylation is 1. The average Bonchev–Trinajstić information content (AvgIpc) is 2.47. The summed E-state index contributed by atoms with van der Waals surface area (Å²) in [7, 11) is 1.63. The normalized spacial score (nSPS) is 11.5. The van der Waals surface area contributed by atoms with E-state index < -0.39 is 5.60 Å². The Kier molecular flexibility index (Phi) is 3.14. The number of hydrogen-bond acceptors (Lipinski definition) is 4. The molecule has 0 aromatic carbocycles. The zero-order chi connectivity index (χ0) is 11.6. The van der Waals surface area contributed by atoms with Gasteiger partial charge in [-0.1, -0.05) is 5.16 Å². The molecule has 0 atom stereocenters. The van der Waals surface area contributed by atoms with E-state index in [1.54, 1.807) is 27.8 Å². The topological polar surface area (TPSA) is 66.6 Å². The molecule has 0 aliphatic carbocycles. The van der Waals surface area contributed by atoms with E-state index in [1.165, 1.54) is 11.1 Å². The fourth-order valence-corrected chi connectivity index (χ4v) is 1.36. The van der Waals surface area contributed by atoms with Crippen LogP contribution in [0.2, 0.25) is 0 Å². The van der Waals surface area contributed by atoms with E-state index in [2.05, 4.69) is 5.16 Å². The molecule has 84 valence electrons. The van der Waals surface area contributed by atoms with Gasteiger partial charge in [0.1, 0.15) is 11.3 Å². The summed E-state index contributed by atoms with van der Waals surface area (Å²) in [5.41, 5.74) is -0.475. The third-order valence-corrected chi connectivity index (χ3v) is 1.95. The highest BCUT2D eigenvalue weighted by Crippen LogP contribution is 2.11. The van der Waals surface area contributed by atoms with Crippen LogP contribution >= 0.6 is 0 Å². The van der Waals surface area contributed by atoms with Crippen molar-refractivity contribution in [2.45, 2.75) is 26.4 Å². The molecule has 5 heteroatoms. The summed E-state index contributed by atoms with van der Waals surface area (Å²) >= 11 is 0. The summed E-state index contributed by atoms with van der Waals surface area (Å²) in [5, 5.41) is 13.1. The number of aromatic nitrogens is 1. The lowest BCUT2D eigenvalue weighted by atomic mass is 10.1. The van der Waals surface area contributed by atoms with Crippen LogP contribution in [0, 0.1) is 6.92 Å². The van der Waals surface area contributed by atoms with Crippen LogP contribution in [0.25, 0.3) is 0 Å². The monoisotopic (exact) mass is 212 g/mol. The number of likely N-dealkylation sites (N-methyl/N-ethyl adjacent to an activating group) is 1. The maximum Gasteiger partial charge on any atom is 0.258 e. The van der Waals surface area contributed by atoms with Crippen molar-refractivity contribution in [2.24, 2.45) is 0 Å². The van der Waals surface area contributed by atoms with Gasteiger partial charge in [-0.15, -0.1) is 0 Å². The van der Waals surface area contributed by atoms with Crippen molar-refractivity contribution in [1.29, 1.82) is 0 Å². The van der Waals surface area contributed by atoms with E-state index in [1.807, 2.05) is 0 Å². The Morgan fingerprint density at radius 1 is 1.67 bits per heavy atom. The summed E-state index contributed by atoms with van der Waals surface area (Å²) in [4.78, 5) is 13.3. The quantitative estimate of drug-likeness (QED) is 0.805. The van der Waals surface area contributed by atoms with E-state index in [0.717, 1.165) is 0 Å². The highest BCUT2D eigenvalue weighted by atomic mass is 16.5. The van der Waals surface area contributed by atoms with Gasteiger partial charge in [-0.3, -0.25) is 4.79 Å². The zero-order valence-electron chi connectivity index (χ0n) is 9.44. The van der Waals surface area contributed by atoms with Gasteiger partial charge < -0.3 is 14.5 Å². The first-order chi connectivity index (χ1) is 6.81. The molecule has 0 saturated heterocycles. The molecule has 1 heterocycles. The Balaban J connectivity index is 2.74. The average molecular weight is 212 g/mol. The molecular weight excluding hydrogens is 196 g/mol. The predicted octanol–water partition coefficient (Wildman–Crippen LogP) is 0.826. The largest absolute Gasteiger partial charge is 0.389 e. The van der Waals surface area contributed by atoms with Crippen LogP contribution in [0.4, 0.5) is 0 Å². The molecule has 1 rings (SSSR count). The molecule has 0 fully saturated rings. The van der Waals surface area contributed by atoms with Gasteiger partial charge in [0, 0.05) is 13.6 Å². The first-order valence-corrected chi connectivity index (χ1v) is 4.70. The Morgan fingerprint density at radius 2 is 2.27 bits per heavy atom. The molecule has 0 unspecified atom stereocenters. The van der Waals surface area contributed by atoms with Gasteiger partial charge in [0.25, 0.3) is 5.91 Å². The molecule has 5 nitrogen and oxygen atoms in total.